The van der Waals surface area contributed by atoms with Gasteiger partial charge in [0, 0.05) is 39.1 Å². The molecular weight excluding hydrogens is 382 g/mol. The first-order chi connectivity index (χ1) is 13.4. The van der Waals surface area contributed by atoms with E-state index in [4.69, 9.17) is 4.42 Å². The number of nitrogens with one attached hydrogen (secondary N) is 1. The molecule has 1 N–H and O–H groups in total. The Morgan fingerprint density at radius 1 is 1.07 bits per heavy atom. The maximum absolute atomic E-state index is 12.7. The summed E-state index contributed by atoms with van der Waals surface area (Å²) in [5.41, 5.74) is 0.994. The van der Waals surface area contributed by atoms with Crippen LogP contribution in [0.1, 0.15) is 22.5 Å². The fourth-order valence-electron chi connectivity index (χ4n) is 2.97. The zero-order valence-electron chi connectivity index (χ0n) is 15.6. The molecule has 1 aliphatic rings. The third kappa shape index (κ3) is 4.60. The minimum Gasteiger partial charge on any atom is -0.459 e. The van der Waals surface area contributed by atoms with Crippen molar-refractivity contribution >= 4 is 21.8 Å². The highest BCUT2D eigenvalue weighted by molar-refractivity contribution is 7.89. The number of hydrogen-bond donors (Lipinski definition) is 1. The number of carbonyl (C=O) groups is 2. The quantitative estimate of drug-likeness (QED) is 0.779. The van der Waals surface area contributed by atoms with E-state index in [-0.39, 0.29) is 48.5 Å². The van der Waals surface area contributed by atoms with E-state index < -0.39 is 10.0 Å². The Balaban J connectivity index is 1.47. The molecule has 0 unspecified atom stereocenters. The van der Waals surface area contributed by atoms with Crippen molar-refractivity contribution in [3.05, 3.63) is 54.0 Å². The number of nitrogens with zero attached hydrogens (tertiary/aromatic N) is 2. The van der Waals surface area contributed by atoms with Crippen molar-refractivity contribution in [1.82, 2.24) is 14.5 Å². The molecule has 9 heteroatoms. The molecule has 0 saturated carbocycles. The van der Waals surface area contributed by atoms with E-state index in [0.717, 1.165) is 5.56 Å². The summed E-state index contributed by atoms with van der Waals surface area (Å²) in [5.74, 6) is -0.290. The molecule has 0 spiro atoms. The molecular formula is C19H23N3O5S. The van der Waals surface area contributed by atoms with Crippen molar-refractivity contribution in [3.8, 4) is 0 Å². The second-order valence-electron chi connectivity index (χ2n) is 6.58. The van der Waals surface area contributed by atoms with E-state index in [2.05, 4.69) is 5.32 Å². The zero-order valence-corrected chi connectivity index (χ0v) is 16.4. The van der Waals surface area contributed by atoms with Gasteiger partial charge in [-0.2, -0.15) is 4.31 Å². The first-order valence-corrected chi connectivity index (χ1v) is 10.5. The third-order valence-electron chi connectivity index (χ3n) is 4.62. The Morgan fingerprint density at radius 3 is 2.36 bits per heavy atom. The normalized spacial score (nSPS) is 15.4. The van der Waals surface area contributed by atoms with E-state index in [1.54, 1.807) is 41.3 Å². The van der Waals surface area contributed by atoms with Crippen LogP contribution in [0.25, 0.3) is 0 Å². The largest absolute Gasteiger partial charge is 0.459 e. The third-order valence-corrected chi connectivity index (χ3v) is 6.53. The molecule has 2 aromatic rings. The number of piperazine rings is 1. The Hall–Kier alpha value is -2.65. The number of rotatable bonds is 6. The molecule has 3 rings (SSSR count). The number of benzene rings is 1. The van der Waals surface area contributed by atoms with Crippen LogP contribution in [0, 0.1) is 6.92 Å². The van der Waals surface area contributed by atoms with Crippen LogP contribution in [-0.4, -0.2) is 62.2 Å². The Labute approximate surface area is 164 Å². The predicted octanol–water partition coefficient (Wildman–Crippen LogP) is 1.24. The molecule has 1 aromatic heterocycles. The smallest absolute Gasteiger partial charge is 0.286 e. The zero-order chi connectivity index (χ0) is 20.1. The lowest BCUT2D eigenvalue weighted by atomic mass is 10.2. The summed E-state index contributed by atoms with van der Waals surface area (Å²) < 4.78 is 31.8. The molecule has 0 radical (unpaired) electrons. The topological polar surface area (TPSA) is 99.9 Å². The monoisotopic (exact) mass is 405 g/mol. The molecule has 2 amide bonds. The Kier molecular flexibility index (Phi) is 6.15. The summed E-state index contributed by atoms with van der Waals surface area (Å²) in [6.45, 7) is 3.26. The first kappa shape index (κ1) is 20.1. The van der Waals surface area contributed by atoms with Crippen LogP contribution in [0.5, 0.6) is 0 Å². The molecule has 1 aliphatic heterocycles. The molecule has 2 heterocycles. The summed E-state index contributed by atoms with van der Waals surface area (Å²) in [7, 11) is -3.55. The summed E-state index contributed by atoms with van der Waals surface area (Å²) in [6.07, 6.45) is 1.56. The average molecular weight is 405 g/mol. The van der Waals surface area contributed by atoms with Crippen molar-refractivity contribution in [2.24, 2.45) is 0 Å². The van der Waals surface area contributed by atoms with Crippen LogP contribution in [0.4, 0.5) is 0 Å². The highest BCUT2D eigenvalue weighted by Crippen LogP contribution is 2.18. The number of hydrogen-bond acceptors (Lipinski definition) is 5. The number of amides is 2. The van der Waals surface area contributed by atoms with Crippen molar-refractivity contribution < 1.29 is 22.4 Å². The lowest BCUT2D eigenvalue weighted by Crippen LogP contribution is -2.50. The fourth-order valence-corrected chi connectivity index (χ4v) is 4.40. The molecule has 0 bridgehead atoms. The summed E-state index contributed by atoms with van der Waals surface area (Å²) in [4.78, 5) is 26.0. The van der Waals surface area contributed by atoms with Gasteiger partial charge in [0.25, 0.3) is 5.91 Å². The minimum atomic E-state index is -3.55. The van der Waals surface area contributed by atoms with Gasteiger partial charge < -0.3 is 14.6 Å². The summed E-state index contributed by atoms with van der Waals surface area (Å²) in [5, 5.41) is 2.63. The van der Waals surface area contributed by atoms with Gasteiger partial charge in [-0.3, -0.25) is 9.59 Å². The number of furan rings is 1. The van der Waals surface area contributed by atoms with Crippen LogP contribution >= 0.6 is 0 Å². The van der Waals surface area contributed by atoms with Crippen LogP contribution in [0.15, 0.2) is 52.0 Å². The van der Waals surface area contributed by atoms with E-state index in [1.807, 2.05) is 6.92 Å². The van der Waals surface area contributed by atoms with Gasteiger partial charge in [-0.25, -0.2) is 8.42 Å². The highest BCUT2D eigenvalue weighted by atomic mass is 32.2. The number of carbonyl (C=O) groups excluding carboxylic acids is 2. The Morgan fingerprint density at radius 2 is 1.75 bits per heavy atom. The van der Waals surface area contributed by atoms with Crippen molar-refractivity contribution in [1.29, 1.82) is 0 Å². The van der Waals surface area contributed by atoms with Crippen LogP contribution in [0.2, 0.25) is 0 Å². The Bertz CT molecular complexity index is 915. The first-order valence-electron chi connectivity index (χ1n) is 9.04. The van der Waals surface area contributed by atoms with Gasteiger partial charge in [0.05, 0.1) is 11.2 Å². The second-order valence-corrected chi connectivity index (χ2v) is 8.52. The van der Waals surface area contributed by atoms with Crippen molar-refractivity contribution in [2.75, 3.05) is 32.7 Å². The minimum absolute atomic E-state index is 0.118. The van der Waals surface area contributed by atoms with Crippen LogP contribution in [0.3, 0.4) is 0 Å². The fraction of sp³-hybridized carbons (Fsp3) is 0.368. The van der Waals surface area contributed by atoms with Gasteiger partial charge in [-0.05, 0) is 31.2 Å². The van der Waals surface area contributed by atoms with Gasteiger partial charge in [0.2, 0.25) is 15.9 Å². The van der Waals surface area contributed by atoms with Gasteiger partial charge in [-0.15, -0.1) is 0 Å². The van der Waals surface area contributed by atoms with Crippen molar-refractivity contribution in [2.45, 2.75) is 18.2 Å². The van der Waals surface area contributed by atoms with E-state index in [9.17, 15) is 18.0 Å². The molecule has 8 nitrogen and oxygen atoms in total. The van der Waals surface area contributed by atoms with E-state index in [1.165, 1.54) is 10.6 Å². The van der Waals surface area contributed by atoms with Gasteiger partial charge in [0.15, 0.2) is 5.76 Å². The predicted molar refractivity (Wildman–Crippen MR) is 102 cm³/mol. The van der Waals surface area contributed by atoms with Gasteiger partial charge >= 0.3 is 0 Å². The lowest BCUT2D eigenvalue weighted by molar-refractivity contribution is -0.132. The summed E-state index contributed by atoms with van der Waals surface area (Å²) >= 11 is 0. The molecule has 150 valence electrons. The second kappa shape index (κ2) is 8.57. The molecule has 1 saturated heterocycles. The SMILES string of the molecule is Cc1ccc(S(=O)(=O)N2CCN(C(=O)CCNC(=O)c3ccco3)CC2)cc1. The summed E-state index contributed by atoms with van der Waals surface area (Å²) in [6, 6.07) is 9.90. The van der Waals surface area contributed by atoms with Crippen LogP contribution in [-0.2, 0) is 14.8 Å². The average Bonchev–Trinajstić information content (AvgIpc) is 3.23. The number of aryl methyl sites for hydroxylation is 1. The lowest BCUT2D eigenvalue weighted by Gasteiger charge is -2.34. The van der Waals surface area contributed by atoms with Crippen LogP contribution < -0.4 is 5.32 Å². The van der Waals surface area contributed by atoms with Crippen molar-refractivity contribution in [3.63, 3.8) is 0 Å². The maximum atomic E-state index is 12.7. The molecule has 0 aliphatic carbocycles. The van der Waals surface area contributed by atoms with E-state index in [0.29, 0.717) is 13.1 Å². The maximum Gasteiger partial charge on any atom is 0.286 e. The number of sulfonamides is 1. The molecule has 1 aromatic carbocycles. The molecule has 1 fully saturated rings. The molecule has 0 atom stereocenters. The van der Waals surface area contributed by atoms with Gasteiger partial charge in [0.1, 0.15) is 0 Å². The van der Waals surface area contributed by atoms with E-state index >= 15 is 0 Å². The standard InChI is InChI=1S/C19H23N3O5S/c1-15-4-6-16(7-5-15)28(25,26)22-12-10-21(11-13-22)18(23)8-9-20-19(24)17-3-2-14-27-17/h2-7,14H,8-13H2,1H3,(H,20,24). The van der Waals surface area contributed by atoms with Gasteiger partial charge in [-0.1, -0.05) is 17.7 Å². The molecule has 28 heavy (non-hydrogen) atoms. The highest BCUT2D eigenvalue weighted by Gasteiger charge is 2.29.